The van der Waals surface area contributed by atoms with E-state index < -0.39 is 5.82 Å². The van der Waals surface area contributed by atoms with E-state index in [1.54, 1.807) is 13.2 Å². The molecule has 0 amide bonds. The SMILES string of the molecule is COc1cc(F)c(Cl)cc1C1CCNCC1. The van der Waals surface area contributed by atoms with Crippen molar-refractivity contribution < 1.29 is 9.13 Å². The molecule has 1 aromatic rings. The lowest BCUT2D eigenvalue weighted by Gasteiger charge is -2.24. The molecule has 1 aliphatic heterocycles. The van der Waals surface area contributed by atoms with E-state index in [9.17, 15) is 4.39 Å². The molecule has 4 heteroatoms. The van der Waals surface area contributed by atoms with Gasteiger partial charge in [-0.1, -0.05) is 11.6 Å². The quantitative estimate of drug-likeness (QED) is 0.862. The van der Waals surface area contributed by atoms with Gasteiger partial charge in [-0.05, 0) is 43.5 Å². The minimum Gasteiger partial charge on any atom is -0.496 e. The van der Waals surface area contributed by atoms with Crippen molar-refractivity contribution in [2.75, 3.05) is 20.2 Å². The van der Waals surface area contributed by atoms with Gasteiger partial charge in [0.2, 0.25) is 0 Å². The van der Waals surface area contributed by atoms with Gasteiger partial charge in [0.15, 0.2) is 0 Å². The molecule has 2 rings (SSSR count). The van der Waals surface area contributed by atoms with Gasteiger partial charge in [0.05, 0.1) is 12.1 Å². The predicted molar refractivity (Wildman–Crippen MR) is 62.8 cm³/mol. The zero-order valence-corrected chi connectivity index (χ0v) is 9.98. The van der Waals surface area contributed by atoms with E-state index in [1.165, 1.54) is 6.07 Å². The number of piperidine rings is 1. The van der Waals surface area contributed by atoms with Gasteiger partial charge < -0.3 is 10.1 Å². The van der Waals surface area contributed by atoms with Crippen molar-refractivity contribution in [2.24, 2.45) is 0 Å². The Morgan fingerprint density at radius 2 is 2.06 bits per heavy atom. The van der Waals surface area contributed by atoms with Gasteiger partial charge in [-0.25, -0.2) is 4.39 Å². The highest BCUT2D eigenvalue weighted by atomic mass is 35.5. The van der Waals surface area contributed by atoms with Crippen LogP contribution in [0.25, 0.3) is 0 Å². The van der Waals surface area contributed by atoms with Gasteiger partial charge in [0.25, 0.3) is 0 Å². The summed E-state index contributed by atoms with van der Waals surface area (Å²) in [6, 6.07) is 3.07. The molecular formula is C12H15ClFNO. The fourth-order valence-electron chi connectivity index (χ4n) is 2.17. The lowest BCUT2D eigenvalue weighted by Crippen LogP contribution is -2.26. The third kappa shape index (κ3) is 2.30. The van der Waals surface area contributed by atoms with E-state index in [1.807, 2.05) is 0 Å². The molecule has 88 valence electrons. The van der Waals surface area contributed by atoms with Crippen LogP contribution in [0.5, 0.6) is 5.75 Å². The molecule has 0 aromatic heterocycles. The Morgan fingerprint density at radius 3 is 2.69 bits per heavy atom. The lowest BCUT2D eigenvalue weighted by atomic mass is 9.89. The van der Waals surface area contributed by atoms with Crippen LogP contribution in [0.1, 0.15) is 24.3 Å². The second-order valence-electron chi connectivity index (χ2n) is 4.03. The molecule has 1 N–H and O–H groups in total. The largest absolute Gasteiger partial charge is 0.496 e. The van der Waals surface area contributed by atoms with Crippen LogP contribution < -0.4 is 10.1 Å². The number of nitrogens with one attached hydrogen (secondary N) is 1. The van der Waals surface area contributed by atoms with Crippen LogP contribution in [-0.2, 0) is 0 Å². The molecule has 0 aliphatic carbocycles. The van der Waals surface area contributed by atoms with Crippen molar-refractivity contribution >= 4 is 11.6 Å². The van der Waals surface area contributed by atoms with E-state index >= 15 is 0 Å². The molecule has 1 aromatic carbocycles. The van der Waals surface area contributed by atoms with Crippen molar-refractivity contribution in [1.29, 1.82) is 0 Å². The van der Waals surface area contributed by atoms with Crippen LogP contribution in [0.15, 0.2) is 12.1 Å². The molecule has 2 nitrogen and oxygen atoms in total. The van der Waals surface area contributed by atoms with Crippen molar-refractivity contribution in [3.05, 3.63) is 28.5 Å². The van der Waals surface area contributed by atoms with Crippen LogP contribution in [0.2, 0.25) is 5.02 Å². The number of rotatable bonds is 2. The van der Waals surface area contributed by atoms with E-state index in [-0.39, 0.29) is 5.02 Å². The zero-order valence-electron chi connectivity index (χ0n) is 9.22. The van der Waals surface area contributed by atoms with Crippen LogP contribution >= 0.6 is 11.6 Å². The lowest BCUT2D eigenvalue weighted by molar-refractivity contribution is 0.388. The van der Waals surface area contributed by atoms with E-state index in [0.29, 0.717) is 11.7 Å². The number of benzene rings is 1. The number of halogens is 2. The highest BCUT2D eigenvalue weighted by molar-refractivity contribution is 6.30. The minimum absolute atomic E-state index is 0.175. The molecule has 16 heavy (non-hydrogen) atoms. The molecule has 0 bridgehead atoms. The molecule has 0 saturated carbocycles. The molecule has 0 unspecified atom stereocenters. The third-order valence-corrected chi connectivity index (χ3v) is 3.34. The van der Waals surface area contributed by atoms with Gasteiger partial charge in [0.1, 0.15) is 11.6 Å². The van der Waals surface area contributed by atoms with Crippen molar-refractivity contribution in [3.63, 3.8) is 0 Å². The van der Waals surface area contributed by atoms with Gasteiger partial charge >= 0.3 is 0 Å². The Morgan fingerprint density at radius 1 is 1.38 bits per heavy atom. The molecule has 1 saturated heterocycles. The third-order valence-electron chi connectivity index (χ3n) is 3.05. The first-order valence-corrected chi connectivity index (χ1v) is 5.84. The monoisotopic (exact) mass is 243 g/mol. The average Bonchev–Trinajstić information content (AvgIpc) is 2.33. The number of methoxy groups -OCH3 is 1. The maximum absolute atomic E-state index is 13.3. The van der Waals surface area contributed by atoms with E-state index in [0.717, 1.165) is 31.5 Å². The molecular weight excluding hydrogens is 229 g/mol. The molecule has 0 atom stereocenters. The fraction of sp³-hybridized carbons (Fsp3) is 0.500. The second kappa shape index (κ2) is 5.02. The van der Waals surface area contributed by atoms with Crippen molar-refractivity contribution in [1.82, 2.24) is 5.32 Å². The molecule has 1 fully saturated rings. The summed E-state index contributed by atoms with van der Waals surface area (Å²) in [7, 11) is 1.56. The summed E-state index contributed by atoms with van der Waals surface area (Å²) in [6.07, 6.45) is 2.08. The summed E-state index contributed by atoms with van der Waals surface area (Å²) in [5, 5.41) is 3.48. The number of hydrogen-bond donors (Lipinski definition) is 1. The van der Waals surface area contributed by atoms with Crippen molar-refractivity contribution in [3.8, 4) is 5.75 Å². The fourth-order valence-corrected chi connectivity index (χ4v) is 2.34. The Labute approximate surface area is 99.7 Å². The number of ether oxygens (including phenoxy) is 1. The average molecular weight is 244 g/mol. The Balaban J connectivity index is 2.33. The molecule has 1 heterocycles. The van der Waals surface area contributed by atoms with Gasteiger partial charge in [-0.15, -0.1) is 0 Å². The Hall–Kier alpha value is -0.800. The number of hydrogen-bond acceptors (Lipinski definition) is 2. The molecule has 0 radical (unpaired) electrons. The van der Waals surface area contributed by atoms with Crippen LogP contribution in [0.3, 0.4) is 0 Å². The van der Waals surface area contributed by atoms with Gasteiger partial charge in [-0.2, -0.15) is 0 Å². The van der Waals surface area contributed by atoms with Crippen LogP contribution in [0.4, 0.5) is 4.39 Å². The topological polar surface area (TPSA) is 21.3 Å². The highest BCUT2D eigenvalue weighted by Crippen LogP contribution is 2.35. The van der Waals surface area contributed by atoms with Crippen LogP contribution in [-0.4, -0.2) is 20.2 Å². The maximum Gasteiger partial charge on any atom is 0.145 e. The molecule has 0 spiro atoms. The summed E-state index contributed by atoms with van der Waals surface area (Å²) < 4.78 is 18.5. The Bertz CT molecular complexity index is 378. The van der Waals surface area contributed by atoms with E-state index in [4.69, 9.17) is 16.3 Å². The molecule has 1 aliphatic rings. The van der Waals surface area contributed by atoms with Gasteiger partial charge in [0, 0.05) is 6.07 Å². The normalized spacial score (nSPS) is 17.4. The minimum atomic E-state index is -0.420. The van der Waals surface area contributed by atoms with Crippen LogP contribution in [0, 0.1) is 5.82 Å². The van der Waals surface area contributed by atoms with Gasteiger partial charge in [-0.3, -0.25) is 0 Å². The Kier molecular flexibility index (Phi) is 3.66. The summed E-state index contributed by atoms with van der Waals surface area (Å²) in [6.45, 7) is 1.98. The highest BCUT2D eigenvalue weighted by Gasteiger charge is 2.20. The van der Waals surface area contributed by atoms with E-state index in [2.05, 4.69) is 5.32 Å². The zero-order chi connectivity index (χ0) is 11.5. The summed E-state index contributed by atoms with van der Waals surface area (Å²) >= 11 is 5.82. The summed E-state index contributed by atoms with van der Waals surface area (Å²) in [5.41, 5.74) is 1.02. The summed E-state index contributed by atoms with van der Waals surface area (Å²) in [4.78, 5) is 0. The van der Waals surface area contributed by atoms with Crippen molar-refractivity contribution in [2.45, 2.75) is 18.8 Å². The summed E-state index contributed by atoms with van der Waals surface area (Å²) in [5.74, 6) is 0.597. The first kappa shape index (κ1) is 11.7. The first-order chi connectivity index (χ1) is 7.72. The standard InChI is InChI=1S/C12H15ClFNO/c1-16-12-7-11(14)10(13)6-9(12)8-2-4-15-5-3-8/h6-8,15H,2-5H2,1H3. The first-order valence-electron chi connectivity index (χ1n) is 5.46. The predicted octanol–water partition coefficient (Wildman–Crippen LogP) is 2.95. The smallest absolute Gasteiger partial charge is 0.145 e. The maximum atomic E-state index is 13.3. The second-order valence-corrected chi connectivity index (χ2v) is 4.44.